The molecule has 0 atom stereocenters. The lowest BCUT2D eigenvalue weighted by atomic mass is 10.1. The van der Waals surface area contributed by atoms with E-state index < -0.39 is 5.97 Å². The van der Waals surface area contributed by atoms with Gasteiger partial charge in [-0.1, -0.05) is 17.7 Å². The minimum Gasteiger partial charge on any atom is -0.480 e. The predicted octanol–water partition coefficient (Wildman–Crippen LogP) is 1.67. The number of carbonyl (C=O) groups is 1. The number of rotatable bonds is 7. The molecule has 0 aliphatic heterocycles. The number of halogens is 1. The third kappa shape index (κ3) is 4.81. The van der Waals surface area contributed by atoms with Crippen LogP contribution < -0.4 is 0 Å². The van der Waals surface area contributed by atoms with E-state index in [1.807, 2.05) is 6.92 Å². The van der Waals surface area contributed by atoms with Crippen molar-refractivity contribution in [3.05, 3.63) is 35.1 Å². The van der Waals surface area contributed by atoms with Crippen molar-refractivity contribution in [3.8, 4) is 0 Å². The lowest BCUT2D eigenvalue weighted by Crippen LogP contribution is -2.32. The third-order valence-corrected chi connectivity index (χ3v) is 2.57. The van der Waals surface area contributed by atoms with Crippen LogP contribution in [0.25, 0.3) is 0 Å². The van der Waals surface area contributed by atoms with E-state index in [-0.39, 0.29) is 18.9 Å². The summed E-state index contributed by atoms with van der Waals surface area (Å²) in [7, 11) is 1.55. The molecular formula is C13H18FNO3. The quantitative estimate of drug-likeness (QED) is 0.805. The number of carboxylic acid groups (broad SMARTS) is 1. The molecule has 0 amide bonds. The molecule has 5 heteroatoms. The molecule has 1 rings (SSSR count). The maximum absolute atomic E-state index is 13.6. The fraction of sp³-hybridized carbons (Fsp3) is 0.462. The fourth-order valence-electron chi connectivity index (χ4n) is 1.69. The fourth-order valence-corrected chi connectivity index (χ4v) is 1.69. The molecule has 1 N–H and O–H groups in total. The van der Waals surface area contributed by atoms with Gasteiger partial charge in [0.1, 0.15) is 5.82 Å². The van der Waals surface area contributed by atoms with Crippen molar-refractivity contribution in [3.63, 3.8) is 0 Å². The highest BCUT2D eigenvalue weighted by Gasteiger charge is 2.12. The van der Waals surface area contributed by atoms with Crippen LogP contribution in [0.5, 0.6) is 0 Å². The van der Waals surface area contributed by atoms with E-state index in [9.17, 15) is 9.18 Å². The van der Waals surface area contributed by atoms with E-state index in [0.717, 1.165) is 5.56 Å². The second-order valence-corrected chi connectivity index (χ2v) is 4.19. The molecule has 4 nitrogen and oxygen atoms in total. The molecule has 18 heavy (non-hydrogen) atoms. The molecule has 0 unspecified atom stereocenters. The summed E-state index contributed by atoms with van der Waals surface area (Å²) in [6.45, 7) is 2.89. The van der Waals surface area contributed by atoms with E-state index in [0.29, 0.717) is 18.7 Å². The van der Waals surface area contributed by atoms with Crippen molar-refractivity contribution < 1.29 is 19.0 Å². The first-order valence-electron chi connectivity index (χ1n) is 5.71. The van der Waals surface area contributed by atoms with Crippen LogP contribution in [0.1, 0.15) is 11.1 Å². The van der Waals surface area contributed by atoms with Crippen molar-refractivity contribution in [2.24, 2.45) is 0 Å². The van der Waals surface area contributed by atoms with Gasteiger partial charge in [-0.2, -0.15) is 0 Å². The van der Waals surface area contributed by atoms with Gasteiger partial charge < -0.3 is 9.84 Å². The van der Waals surface area contributed by atoms with Crippen molar-refractivity contribution in [1.82, 2.24) is 4.90 Å². The second-order valence-electron chi connectivity index (χ2n) is 4.19. The Morgan fingerprint density at radius 1 is 1.50 bits per heavy atom. The summed E-state index contributed by atoms with van der Waals surface area (Å²) in [5, 5.41) is 8.81. The number of ether oxygens (including phenoxy) is 1. The summed E-state index contributed by atoms with van der Waals surface area (Å²) in [5.74, 6) is -1.24. The Bertz CT molecular complexity index is 409. The van der Waals surface area contributed by atoms with Gasteiger partial charge >= 0.3 is 5.97 Å². The Balaban J connectivity index is 2.74. The van der Waals surface area contributed by atoms with Crippen LogP contribution in [-0.2, 0) is 16.1 Å². The molecule has 0 bridgehead atoms. The van der Waals surface area contributed by atoms with Crippen LogP contribution >= 0.6 is 0 Å². The van der Waals surface area contributed by atoms with Gasteiger partial charge in [0.05, 0.1) is 13.2 Å². The minimum atomic E-state index is -0.931. The average molecular weight is 255 g/mol. The summed E-state index contributed by atoms with van der Waals surface area (Å²) >= 11 is 0. The van der Waals surface area contributed by atoms with Gasteiger partial charge in [-0.3, -0.25) is 9.69 Å². The lowest BCUT2D eigenvalue weighted by Gasteiger charge is -2.20. The summed E-state index contributed by atoms with van der Waals surface area (Å²) in [5.41, 5.74) is 1.46. The summed E-state index contributed by atoms with van der Waals surface area (Å²) in [6.07, 6.45) is 0. The molecule has 0 heterocycles. The largest absolute Gasteiger partial charge is 0.480 e. The van der Waals surface area contributed by atoms with Gasteiger partial charge in [0.2, 0.25) is 0 Å². The van der Waals surface area contributed by atoms with Crippen molar-refractivity contribution in [1.29, 1.82) is 0 Å². The van der Waals surface area contributed by atoms with Gasteiger partial charge in [0.15, 0.2) is 0 Å². The van der Waals surface area contributed by atoms with Crippen LogP contribution in [0.15, 0.2) is 18.2 Å². The Morgan fingerprint density at radius 2 is 2.22 bits per heavy atom. The highest BCUT2D eigenvalue weighted by atomic mass is 19.1. The van der Waals surface area contributed by atoms with E-state index in [1.165, 1.54) is 6.07 Å². The van der Waals surface area contributed by atoms with Gasteiger partial charge in [-0.05, 0) is 13.0 Å². The van der Waals surface area contributed by atoms with E-state index in [4.69, 9.17) is 9.84 Å². The number of aliphatic carboxylic acids is 1. The second kappa shape index (κ2) is 7.08. The number of carboxylic acids is 1. The molecule has 100 valence electrons. The molecule has 0 saturated carbocycles. The first kappa shape index (κ1) is 14.6. The van der Waals surface area contributed by atoms with Crippen LogP contribution in [0.4, 0.5) is 4.39 Å². The molecule has 1 aromatic rings. The molecule has 0 spiro atoms. The SMILES string of the molecule is COCCN(CC(=O)O)Cc1cc(C)ccc1F. The molecular weight excluding hydrogens is 237 g/mol. The Morgan fingerprint density at radius 3 is 2.83 bits per heavy atom. The van der Waals surface area contributed by atoms with Crippen LogP contribution in [0, 0.1) is 12.7 Å². The van der Waals surface area contributed by atoms with E-state index >= 15 is 0 Å². The zero-order valence-corrected chi connectivity index (χ0v) is 10.6. The van der Waals surface area contributed by atoms with E-state index in [1.54, 1.807) is 24.1 Å². The van der Waals surface area contributed by atoms with Gasteiger partial charge in [-0.25, -0.2) is 4.39 Å². The molecule has 0 aromatic heterocycles. The predicted molar refractivity (Wildman–Crippen MR) is 65.9 cm³/mol. The summed E-state index contributed by atoms with van der Waals surface area (Å²) in [6, 6.07) is 4.83. The molecule has 0 aliphatic rings. The number of aryl methyl sites for hydroxylation is 1. The smallest absolute Gasteiger partial charge is 0.317 e. The first-order chi connectivity index (χ1) is 8.52. The summed E-state index contributed by atoms with van der Waals surface area (Å²) < 4.78 is 18.5. The molecule has 0 aliphatic carbocycles. The number of nitrogens with zero attached hydrogens (tertiary/aromatic N) is 1. The normalized spacial score (nSPS) is 10.9. The van der Waals surface area contributed by atoms with Crippen molar-refractivity contribution in [2.45, 2.75) is 13.5 Å². The topological polar surface area (TPSA) is 49.8 Å². The highest BCUT2D eigenvalue weighted by Crippen LogP contribution is 2.12. The first-order valence-corrected chi connectivity index (χ1v) is 5.71. The highest BCUT2D eigenvalue weighted by molar-refractivity contribution is 5.69. The summed E-state index contributed by atoms with van der Waals surface area (Å²) in [4.78, 5) is 12.4. The maximum atomic E-state index is 13.6. The van der Waals surface area contributed by atoms with Crippen LogP contribution in [-0.4, -0.2) is 42.8 Å². The standard InChI is InChI=1S/C13H18FNO3/c1-10-3-4-12(14)11(7-10)8-15(5-6-18-2)9-13(16)17/h3-4,7H,5-6,8-9H2,1-2H3,(H,16,17). The van der Waals surface area contributed by atoms with Gasteiger partial charge in [0.25, 0.3) is 0 Å². The van der Waals surface area contributed by atoms with Crippen molar-refractivity contribution >= 4 is 5.97 Å². The Kier molecular flexibility index (Phi) is 5.74. The number of methoxy groups -OCH3 is 1. The third-order valence-electron chi connectivity index (χ3n) is 2.57. The maximum Gasteiger partial charge on any atom is 0.317 e. The molecule has 0 saturated heterocycles. The van der Waals surface area contributed by atoms with Crippen molar-refractivity contribution in [2.75, 3.05) is 26.8 Å². The molecule has 1 aromatic carbocycles. The number of benzene rings is 1. The number of hydrogen-bond donors (Lipinski definition) is 1. The monoisotopic (exact) mass is 255 g/mol. The number of hydrogen-bond acceptors (Lipinski definition) is 3. The zero-order valence-electron chi connectivity index (χ0n) is 10.6. The zero-order chi connectivity index (χ0) is 13.5. The van der Waals surface area contributed by atoms with Crippen LogP contribution in [0.3, 0.4) is 0 Å². The lowest BCUT2D eigenvalue weighted by molar-refractivity contribution is -0.138. The Labute approximate surface area is 106 Å². The minimum absolute atomic E-state index is 0.128. The Hall–Kier alpha value is -1.46. The van der Waals surface area contributed by atoms with Gasteiger partial charge in [-0.15, -0.1) is 0 Å². The average Bonchev–Trinajstić information content (AvgIpc) is 2.30. The molecule has 0 fully saturated rings. The molecule has 0 radical (unpaired) electrons. The van der Waals surface area contributed by atoms with E-state index in [2.05, 4.69) is 0 Å². The van der Waals surface area contributed by atoms with Crippen LogP contribution in [0.2, 0.25) is 0 Å². The van der Waals surface area contributed by atoms with Gasteiger partial charge in [0, 0.05) is 25.8 Å².